The van der Waals surface area contributed by atoms with Crippen LogP contribution in [0.3, 0.4) is 0 Å². The van der Waals surface area contributed by atoms with Crippen molar-refractivity contribution in [2.24, 2.45) is 0 Å². The van der Waals surface area contributed by atoms with Gasteiger partial charge in [0.25, 0.3) is 0 Å². The number of carbonyl (C=O) groups excluding carboxylic acids is 3. The molecule has 0 N–H and O–H groups in total. The first-order valence-corrected chi connectivity index (χ1v) is 25.4. The van der Waals surface area contributed by atoms with Crippen molar-refractivity contribution in [2.75, 3.05) is 13.2 Å². The minimum Gasteiger partial charge on any atom is -0.462 e. The Bertz CT molecular complexity index is 1330. The standard InChI is InChI=1S/C57H92O6/c1-4-7-10-13-16-19-22-24-26-27-28-29-31-32-35-38-41-44-47-50-56(59)62-53-54(52-61-55(58)49-46-43-40-37-34-21-18-15-12-9-6-3)63-57(60)51-48-45-42-39-36-33-30-25-23-20-17-14-11-8-5-2/h7-8,10-11,16-17,19-20,24-26,28-30,32,35-36,39,54H,4-6,9,12-15,18,21-23,27,31,33-34,37-38,40-53H2,1-3H3/b10-7-,11-8-,19-16-,20-17-,26-24-,29-28-,30-25-,35-32-,39-36-/t54-/m1/s1. The lowest BCUT2D eigenvalue weighted by Crippen LogP contribution is -2.30. The molecule has 6 heteroatoms. The van der Waals surface area contributed by atoms with Crippen molar-refractivity contribution in [1.29, 1.82) is 0 Å². The smallest absolute Gasteiger partial charge is 0.306 e. The zero-order chi connectivity index (χ0) is 45.8. The van der Waals surface area contributed by atoms with Crippen molar-refractivity contribution >= 4 is 17.9 Å². The van der Waals surface area contributed by atoms with Crippen LogP contribution in [0.25, 0.3) is 0 Å². The Morgan fingerprint density at radius 1 is 0.333 bits per heavy atom. The number of ether oxygens (including phenoxy) is 3. The highest BCUT2D eigenvalue weighted by molar-refractivity contribution is 5.71. The maximum absolute atomic E-state index is 12.8. The first-order chi connectivity index (χ1) is 31.0. The average molecular weight is 873 g/mol. The van der Waals surface area contributed by atoms with Crippen LogP contribution in [0.5, 0.6) is 0 Å². The summed E-state index contributed by atoms with van der Waals surface area (Å²) in [7, 11) is 0. The lowest BCUT2D eigenvalue weighted by molar-refractivity contribution is -0.167. The molecule has 0 aromatic carbocycles. The molecular weight excluding hydrogens is 781 g/mol. The summed E-state index contributed by atoms with van der Waals surface area (Å²) >= 11 is 0. The molecule has 0 bridgehead atoms. The Morgan fingerprint density at radius 2 is 0.619 bits per heavy atom. The van der Waals surface area contributed by atoms with Crippen molar-refractivity contribution in [3.05, 3.63) is 109 Å². The lowest BCUT2D eigenvalue weighted by atomic mass is 10.1. The van der Waals surface area contributed by atoms with Gasteiger partial charge in [-0.05, 0) is 103 Å². The number of hydrogen-bond acceptors (Lipinski definition) is 6. The molecule has 0 amide bonds. The van der Waals surface area contributed by atoms with Gasteiger partial charge in [0.1, 0.15) is 13.2 Å². The van der Waals surface area contributed by atoms with Crippen LogP contribution in [0.15, 0.2) is 109 Å². The second kappa shape index (κ2) is 50.7. The molecule has 0 radical (unpaired) electrons. The summed E-state index contributed by atoms with van der Waals surface area (Å²) in [4.78, 5) is 37.9. The van der Waals surface area contributed by atoms with Crippen LogP contribution in [-0.2, 0) is 28.6 Å². The molecule has 1 atom stereocenters. The molecule has 0 aromatic heterocycles. The first kappa shape index (κ1) is 59.1. The highest BCUT2D eigenvalue weighted by Gasteiger charge is 2.19. The maximum atomic E-state index is 12.8. The van der Waals surface area contributed by atoms with E-state index in [0.717, 1.165) is 116 Å². The SMILES string of the molecule is CC/C=C\C/C=C\C/C=C\C/C=C\C/C=C\CCCCCC(=O)OC[C@@H](COC(=O)CCCCCCCCCCCCC)OC(=O)CCCC/C=C\C/C=C\C/C=C\C/C=C\CC. The molecule has 0 aliphatic rings. The van der Waals surface area contributed by atoms with Crippen LogP contribution < -0.4 is 0 Å². The number of allylic oxidation sites excluding steroid dienone is 18. The summed E-state index contributed by atoms with van der Waals surface area (Å²) < 4.78 is 16.7. The fourth-order valence-corrected chi connectivity index (χ4v) is 6.52. The van der Waals surface area contributed by atoms with Gasteiger partial charge in [0, 0.05) is 19.3 Å². The Morgan fingerprint density at radius 3 is 1.00 bits per heavy atom. The highest BCUT2D eigenvalue weighted by Crippen LogP contribution is 2.13. The summed E-state index contributed by atoms with van der Waals surface area (Å²) in [6, 6.07) is 0. The predicted octanol–water partition coefficient (Wildman–Crippen LogP) is 16.8. The van der Waals surface area contributed by atoms with Gasteiger partial charge < -0.3 is 14.2 Å². The quantitative estimate of drug-likeness (QED) is 0.0263. The predicted molar refractivity (Wildman–Crippen MR) is 270 cm³/mol. The zero-order valence-electron chi connectivity index (χ0n) is 40.5. The van der Waals surface area contributed by atoms with Crippen LogP contribution in [0.1, 0.15) is 213 Å². The third-order valence-corrected chi connectivity index (χ3v) is 10.3. The van der Waals surface area contributed by atoms with Gasteiger partial charge in [0.15, 0.2) is 6.10 Å². The first-order valence-electron chi connectivity index (χ1n) is 25.4. The van der Waals surface area contributed by atoms with E-state index in [1.54, 1.807) is 0 Å². The van der Waals surface area contributed by atoms with E-state index in [9.17, 15) is 14.4 Å². The monoisotopic (exact) mass is 873 g/mol. The van der Waals surface area contributed by atoms with Gasteiger partial charge in [-0.1, -0.05) is 201 Å². The van der Waals surface area contributed by atoms with Crippen molar-refractivity contribution in [3.8, 4) is 0 Å². The maximum Gasteiger partial charge on any atom is 0.306 e. The van der Waals surface area contributed by atoms with Crippen LogP contribution in [0, 0.1) is 0 Å². The molecule has 63 heavy (non-hydrogen) atoms. The fourth-order valence-electron chi connectivity index (χ4n) is 6.52. The molecule has 0 fully saturated rings. The van der Waals surface area contributed by atoms with Crippen molar-refractivity contribution < 1.29 is 28.6 Å². The van der Waals surface area contributed by atoms with E-state index in [1.165, 1.54) is 51.4 Å². The van der Waals surface area contributed by atoms with E-state index in [1.807, 2.05) is 0 Å². The van der Waals surface area contributed by atoms with E-state index < -0.39 is 6.10 Å². The molecule has 0 aliphatic carbocycles. The minimum atomic E-state index is -0.813. The Hall–Kier alpha value is -3.93. The van der Waals surface area contributed by atoms with E-state index in [4.69, 9.17) is 14.2 Å². The Kier molecular flexibility index (Phi) is 47.5. The molecule has 0 heterocycles. The third kappa shape index (κ3) is 49.0. The summed E-state index contributed by atoms with van der Waals surface area (Å²) in [5.41, 5.74) is 0. The third-order valence-electron chi connectivity index (χ3n) is 10.3. The highest BCUT2D eigenvalue weighted by atomic mass is 16.6. The van der Waals surface area contributed by atoms with E-state index in [2.05, 4.69) is 130 Å². The lowest BCUT2D eigenvalue weighted by Gasteiger charge is -2.18. The largest absolute Gasteiger partial charge is 0.462 e. The molecule has 0 rings (SSSR count). The van der Waals surface area contributed by atoms with Gasteiger partial charge in [-0.2, -0.15) is 0 Å². The van der Waals surface area contributed by atoms with Crippen molar-refractivity contribution in [3.63, 3.8) is 0 Å². The topological polar surface area (TPSA) is 78.9 Å². The Labute approximate surface area is 387 Å². The van der Waals surface area contributed by atoms with E-state index in [0.29, 0.717) is 19.3 Å². The normalized spacial score (nSPS) is 13.0. The molecule has 356 valence electrons. The van der Waals surface area contributed by atoms with Gasteiger partial charge in [0.2, 0.25) is 0 Å². The van der Waals surface area contributed by atoms with Crippen LogP contribution in [0.2, 0.25) is 0 Å². The minimum absolute atomic E-state index is 0.106. The van der Waals surface area contributed by atoms with Crippen LogP contribution in [-0.4, -0.2) is 37.2 Å². The Balaban J connectivity index is 4.51. The van der Waals surface area contributed by atoms with Gasteiger partial charge >= 0.3 is 17.9 Å². The summed E-state index contributed by atoms with van der Waals surface area (Å²) in [6.07, 6.45) is 67.9. The molecule has 0 aliphatic heterocycles. The summed E-state index contributed by atoms with van der Waals surface area (Å²) in [5.74, 6) is -0.988. The van der Waals surface area contributed by atoms with E-state index in [-0.39, 0.29) is 37.5 Å². The van der Waals surface area contributed by atoms with Gasteiger partial charge in [-0.15, -0.1) is 0 Å². The van der Waals surface area contributed by atoms with Crippen molar-refractivity contribution in [1.82, 2.24) is 0 Å². The number of unbranched alkanes of at least 4 members (excludes halogenated alkanes) is 15. The molecule has 0 spiro atoms. The zero-order valence-corrected chi connectivity index (χ0v) is 40.5. The summed E-state index contributed by atoms with van der Waals surface area (Å²) in [6.45, 7) is 6.32. The number of esters is 3. The number of carbonyl (C=O) groups is 3. The molecule has 6 nitrogen and oxygen atoms in total. The van der Waals surface area contributed by atoms with Crippen molar-refractivity contribution in [2.45, 2.75) is 219 Å². The van der Waals surface area contributed by atoms with Gasteiger partial charge in [-0.3, -0.25) is 14.4 Å². The average Bonchev–Trinajstić information content (AvgIpc) is 3.28. The molecule has 0 saturated heterocycles. The second-order valence-electron chi connectivity index (χ2n) is 16.3. The van der Waals surface area contributed by atoms with Gasteiger partial charge in [-0.25, -0.2) is 0 Å². The fraction of sp³-hybridized carbons (Fsp3) is 0.632. The molecule has 0 unspecified atom stereocenters. The van der Waals surface area contributed by atoms with Crippen LogP contribution >= 0.6 is 0 Å². The van der Waals surface area contributed by atoms with E-state index >= 15 is 0 Å². The number of hydrogen-bond donors (Lipinski definition) is 0. The number of rotatable bonds is 44. The van der Waals surface area contributed by atoms with Crippen LogP contribution in [0.4, 0.5) is 0 Å². The second-order valence-corrected chi connectivity index (χ2v) is 16.3. The molecular formula is C57H92O6. The van der Waals surface area contributed by atoms with Gasteiger partial charge in [0.05, 0.1) is 0 Å². The molecule has 0 saturated carbocycles. The summed E-state index contributed by atoms with van der Waals surface area (Å²) in [5, 5.41) is 0. The molecule has 0 aromatic rings.